The van der Waals surface area contributed by atoms with Gasteiger partial charge in [0, 0.05) is 17.1 Å². The first-order chi connectivity index (χ1) is 14.5. The summed E-state index contributed by atoms with van der Waals surface area (Å²) in [5.74, 6) is 0.169. The number of rotatable bonds is 2. The van der Waals surface area contributed by atoms with Crippen molar-refractivity contribution in [2.75, 3.05) is 11.9 Å². The molecular weight excluding hydrogens is 434 g/mol. The number of aryl methyl sites for hydroxylation is 1. The first-order valence-electron chi connectivity index (χ1n) is 10.4. The predicted octanol–water partition coefficient (Wildman–Crippen LogP) is 6.42. The van der Waals surface area contributed by atoms with Gasteiger partial charge in [0.25, 0.3) is 0 Å². The second kappa shape index (κ2) is 7.24. The van der Waals surface area contributed by atoms with E-state index in [-0.39, 0.29) is 5.91 Å². The van der Waals surface area contributed by atoms with Crippen LogP contribution in [0.2, 0.25) is 0 Å². The zero-order chi connectivity index (χ0) is 20.9. The number of para-hydroxylation sites is 1. The largest absolute Gasteiger partial charge is 0.314 e. The molecule has 2 aliphatic rings. The average Bonchev–Trinajstić information content (AvgIpc) is 2.84. The highest BCUT2D eigenvalue weighted by molar-refractivity contribution is 9.10. The Hall–Kier alpha value is -2.65. The minimum Gasteiger partial charge on any atom is -0.314 e. The molecule has 2 nitrogen and oxygen atoms in total. The minimum absolute atomic E-state index is 0.169. The Morgan fingerprint density at radius 2 is 1.57 bits per heavy atom. The summed E-state index contributed by atoms with van der Waals surface area (Å²) in [6, 6.07) is 25.4. The molecule has 150 valence electrons. The molecule has 0 radical (unpaired) electrons. The number of nitrogens with zero attached hydrogens (tertiary/aromatic N) is 1. The molecule has 0 N–H and O–H groups in total. The third kappa shape index (κ3) is 2.95. The lowest BCUT2D eigenvalue weighted by Gasteiger charge is -2.36. The minimum atomic E-state index is -0.593. The van der Waals surface area contributed by atoms with Crippen LogP contribution in [0.15, 0.2) is 82.8 Å². The number of carbonyl (C=O) groups excluding carboxylic acids is 1. The molecule has 0 bridgehead atoms. The van der Waals surface area contributed by atoms with Crippen molar-refractivity contribution in [3.05, 3.63) is 105 Å². The van der Waals surface area contributed by atoms with Crippen LogP contribution in [0.1, 0.15) is 35.6 Å². The number of hydrogen-bond acceptors (Lipinski definition) is 1. The molecule has 30 heavy (non-hydrogen) atoms. The Labute approximate surface area is 186 Å². The van der Waals surface area contributed by atoms with Crippen LogP contribution in [-0.4, -0.2) is 13.0 Å². The Morgan fingerprint density at radius 3 is 2.33 bits per heavy atom. The fraction of sp³-hybridized carbons (Fsp3) is 0.222. The zero-order valence-electron chi connectivity index (χ0n) is 17.3. The molecule has 1 atom stereocenters. The van der Waals surface area contributed by atoms with Gasteiger partial charge in [-0.05, 0) is 72.2 Å². The van der Waals surface area contributed by atoms with Crippen molar-refractivity contribution >= 4 is 33.1 Å². The van der Waals surface area contributed by atoms with Crippen molar-refractivity contribution in [3.63, 3.8) is 0 Å². The summed E-state index contributed by atoms with van der Waals surface area (Å²) in [5, 5.41) is 0. The summed E-state index contributed by atoms with van der Waals surface area (Å²) >= 11 is 3.53. The van der Waals surface area contributed by atoms with E-state index >= 15 is 0 Å². The molecule has 3 heteroatoms. The third-order valence-electron chi connectivity index (χ3n) is 6.68. The molecule has 1 heterocycles. The molecule has 1 aliphatic carbocycles. The van der Waals surface area contributed by atoms with Crippen LogP contribution in [0.25, 0.3) is 5.57 Å². The van der Waals surface area contributed by atoms with Crippen LogP contribution in [0.3, 0.4) is 0 Å². The molecule has 5 rings (SSSR count). The van der Waals surface area contributed by atoms with Crippen LogP contribution in [0.4, 0.5) is 5.69 Å². The topological polar surface area (TPSA) is 20.3 Å². The van der Waals surface area contributed by atoms with Gasteiger partial charge in [-0.2, -0.15) is 0 Å². The van der Waals surface area contributed by atoms with Gasteiger partial charge in [-0.15, -0.1) is 0 Å². The van der Waals surface area contributed by atoms with Gasteiger partial charge >= 0.3 is 0 Å². The lowest BCUT2D eigenvalue weighted by Crippen LogP contribution is -2.42. The van der Waals surface area contributed by atoms with Crippen LogP contribution >= 0.6 is 15.9 Å². The Balaban J connectivity index is 1.78. The molecule has 0 aromatic heterocycles. The number of hydrogen-bond donors (Lipinski definition) is 0. The van der Waals surface area contributed by atoms with E-state index in [4.69, 9.17) is 0 Å². The smallest absolute Gasteiger partial charge is 0.237 e. The Morgan fingerprint density at radius 1 is 0.900 bits per heavy atom. The van der Waals surface area contributed by atoms with Crippen molar-refractivity contribution in [3.8, 4) is 0 Å². The monoisotopic (exact) mass is 457 g/mol. The van der Waals surface area contributed by atoms with Crippen LogP contribution in [0, 0.1) is 5.41 Å². The summed E-state index contributed by atoms with van der Waals surface area (Å²) < 4.78 is 1.06. The second-order valence-electron chi connectivity index (χ2n) is 8.53. The van der Waals surface area contributed by atoms with Crippen LogP contribution in [0.5, 0.6) is 0 Å². The Bertz CT molecular complexity index is 1180. The number of anilines is 1. The van der Waals surface area contributed by atoms with Crippen molar-refractivity contribution in [1.82, 2.24) is 0 Å². The first kappa shape index (κ1) is 19.3. The van der Waals surface area contributed by atoms with Gasteiger partial charge in [0.2, 0.25) is 5.91 Å². The summed E-state index contributed by atoms with van der Waals surface area (Å²) in [6.45, 7) is 2.14. The predicted molar refractivity (Wildman–Crippen MR) is 127 cm³/mol. The maximum atomic E-state index is 14.0. The first-order valence-corrected chi connectivity index (χ1v) is 11.2. The highest BCUT2D eigenvalue weighted by Crippen LogP contribution is 2.50. The van der Waals surface area contributed by atoms with E-state index in [1.165, 1.54) is 27.8 Å². The highest BCUT2D eigenvalue weighted by Gasteiger charge is 2.45. The van der Waals surface area contributed by atoms with E-state index in [1.54, 1.807) is 0 Å². The number of halogens is 1. The van der Waals surface area contributed by atoms with E-state index in [0.29, 0.717) is 6.42 Å². The quantitative estimate of drug-likeness (QED) is 0.434. The Kier molecular flexibility index (Phi) is 4.67. The summed E-state index contributed by atoms with van der Waals surface area (Å²) in [5.41, 5.74) is 7.91. The second-order valence-corrected chi connectivity index (χ2v) is 9.44. The fourth-order valence-electron chi connectivity index (χ4n) is 5.17. The van der Waals surface area contributed by atoms with Gasteiger partial charge in [0.15, 0.2) is 0 Å². The van der Waals surface area contributed by atoms with Gasteiger partial charge in [0.1, 0.15) is 0 Å². The molecule has 0 saturated heterocycles. The van der Waals surface area contributed by atoms with Gasteiger partial charge in [-0.1, -0.05) is 70.5 Å². The van der Waals surface area contributed by atoms with Gasteiger partial charge in [-0.3, -0.25) is 4.79 Å². The van der Waals surface area contributed by atoms with E-state index < -0.39 is 5.41 Å². The van der Waals surface area contributed by atoms with E-state index in [0.717, 1.165) is 28.6 Å². The van der Waals surface area contributed by atoms with E-state index in [2.05, 4.69) is 89.6 Å². The standard InChI is InChI=1S/C27H24BrNO/c1-27(17-18-11-14-20(28)15-12-18)23-16-13-19-7-3-4-8-21(19)25(23)22-9-5-6-10-24(22)29(2)26(27)30/h3-12,14-15H,13,16-17H2,1-2H3. The molecule has 1 aliphatic heterocycles. The molecule has 0 spiro atoms. The fourth-order valence-corrected chi connectivity index (χ4v) is 5.43. The van der Waals surface area contributed by atoms with E-state index in [9.17, 15) is 4.79 Å². The van der Waals surface area contributed by atoms with E-state index in [1.807, 2.05) is 18.0 Å². The molecule has 0 fully saturated rings. The van der Waals surface area contributed by atoms with Gasteiger partial charge in [0.05, 0.1) is 11.1 Å². The number of amides is 1. The number of benzene rings is 3. The van der Waals surface area contributed by atoms with Crippen molar-refractivity contribution in [1.29, 1.82) is 0 Å². The maximum absolute atomic E-state index is 14.0. The highest BCUT2D eigenvalue weighted by atomic mass is 79.9. The molecule has 0 saturated carbocycles. The summed E-state index contributed by atoms with van der Waals surface area (Å²) in [4.78, 5) is 15.8. The molecule has 1 amide bonds. The van der Waals surface area contributed by atoms with Crippen molar-refractivity contribution < 1.29 is 4.79 Å². The van der Waals surface area contributed by atoms with Crippen LogP contribution in [-0.2, 0) is 17.6 Å². The van der Waals surface area contributed by atoms with Gasteiger partial charge < -0.3 is 4.90 Å². The third-order valence-corrected chi connectivity index (χ3v) is 7.21. The van der Waals surface area contributed by atoms with Gasteiger partial charge in [-0.25, -0.2) is 0 Å². The number of fused-ring (bicyclic) bond motifs is 4. The average molecular weight is 458 g/mol. The molecular formula is C27H24BrNO. The molecule has 1 unspecified atom stereocenters. The van der Waals surface area contributed by atoms with Crippen molar-refractivity contribution in [2.24, 2.45) is 5.41 Å². The maximum Gasteiger partial charge on any atom is 0.237 e. The molecule has 3 aromatic carbocycles. The molecule has 3 aromatic rings. The summed E-state index contributed by atoms with van der Waals surface area (Å²) in [7, 11) is 1.92. The normalized spacial score (nSPS) is 20.4. The SMILES string of the molecule is CN1C(=O)C(C)(Cc2ccc(Br)cc2)C2=C(c3ccccc3CC2)c2ccccc21. The van der Waals surface area contributed by atoms with Crippen LogP contribution < -0.4 is 4.90 Å². The summed E-state index contributed by atoms with van der Waals surface area (Å²) in [6.07, 6.45) is 2.58. The lowest BCUT2D eigenvalue weighted by molar-refractivity contribution is -0.125. The lowest BCUT2D eigenvalue weighted by atomic mass is 9.68. The number of carbonyl (C=O) groups is 1. The zero-order valence-corrected chi connectivity index (χ0v) is 18.9. The van der Waals surface area contributed by atoms with Crippen molar-refractivity contribution in [2.45, 2.75) is 26.2 Å².